The van der Waals surface area contributed by atoms with Crippen LogP contribution in [-0.4, -0.2) is 11.8 Å². The molecule has 0 radical (unpaired) electrons. The summed E-state index contributed by atoms with van der Waals surface area (Å²) in [6.07, 6.45) is 3.99. The van der Waals surface area contributed by atoms with Gasteiger partial charge in [-0.05, 0) is 49.1 Å². The lowest BCUT2D eigenvalue weighted by Crippen LogP contribution is -2.37. The van der Waals surface area contributed by atoms with Gasteiger partial charge in [0.1, 0.15) is 0 Å². The molecule has 106 valence electrons. The standard InChI is InChI=1S/C17H27NS/c1-12-8-9-15(10-14(12)3)16(18)11-19-17-7-5-4-6-13(17)2/h4-7,12,14-16H,8-11,18H2,1-3H3. The van der Waals surface area contributed by atoms with Gasteiger partial charge in [0, 0.05) is 16.7 Å². The van der Waals surface area contributed by atoms with Crippen molar-refractivity contribution in [3.63, 3.8) is 0 Å². The third kappa shape index (κ3) is 4.00. The first-order valence-corrected chi connectivity index (χ1v) is 8.50. The average Bonchev–Trinajstić information content (AvgIpc) is 2.40. The molecule has 4 atom stereocenters. The third-order valence-electron chi connectivity index (χ3n) is 4.77. The van der Waals surface area contributed by atoms with E-state index in [1.165, 1.54) is 29.7 Å². The van der Waals surface area contributed by atoms with Gasteiger partial charge >= 0.3 is 0 Å². The van der Waals surface area contributed by atoms with Crippen LogP contribution in [0.25, 0.3) is 0 Å². The Morgan fingerprint density at radius 1 is 1.21 bits per heavy atom. The van der Waals surface area contributed by atoms with E-state index in [0.29, 0.717) is 6.04 Å². The van der Waals surface area contributed by atoms with Crippen LogP contribution >= 0.6 is 11.8 Å². The van der Waals surface area contributed by atoms with Crippen molar-refractivity contribution in [3.05, 3.63) is 29.8 Å². The second-order valence-electron chi connectivity index (χ2n) is 6.27. The molecule has 19 heavy (non-hydrogen) atoms. The van der Waals surface area contributed by atoms with Gasteiger partial charge in [0.25, 0.3) is 0 Å². The van der Waals surface area contributed by atoms with Crippen molar-refractivity contribution in [2.45, 2.75) is 51.0 Å². The predicted octanol–water partition coefficient (Wildman–Crippen LogP) is 4.49. The van der Waals surface area contributed by atoms with Crippen LogP contribution in [0.4, 0.5) is 0 Å². The first-order valence-electron chi connectivity index (χ1n) is 7.52. The van der Waals surface area contributed by atoms with Gasteiger partial charge in [0.2, 0.25) is 0 Å². The summed E-state index contributed by atoms with van der Waals surface area (Å²) in [5.41, 5.74) is 7.80. The molecule has 1 fully saturated rings. The molecule has 0 saturated heterocycles. The van der Waals surface area contributed by atoms with Gasteiger partial charge in [-0.3, -0.25) is 0 Å². The summed E-state index contributed by atoms with van der Waals surface area (Å²) in [6.45, 7) is 6.95. The van der Waals surface area contributed by atoms with E-state index in [1.807, 2.05) is 11.8 Å². The molecule has 4 unspecified atom stereocenters. The molecule has 0 aromatic heterocycles. The van der Waals surface area contributed by atoms with E-state index in [2.05, 4.69) is 45.0 Å². The normalized spacial score (nSPS) is 29.2. The van der Waals surface area contributed by atoms with Crippen LogP contribution in [-0.2, 0) is 0 Å². The molecular weight excluding hydrogens is 250 g/mol. The maximum Gasteiger partial charge on any atom is 0.0162 e. The Bertz CT molecular complexity index is 404. The fourth-order valence-electron chi connectivity index (χ4n) is 3.02. The molecule has 1 aromatic carbocycles. The highest BCUT2D eigenvalue weighted by Crippen LogP contribution is 2.35. The molecule has 2 heteroatoms. The molecule has 1 aromatic rings. The summed E-state index contributed by atoms with van der Waals surface area (Å²) >= 11 is 1.93. The maximum absolute atomic E-state index is 6.43. The molecule has 0 spiro atoms. The molecule has 0 aliphatic heterocycles. The number of aryl methyl sites for hydroxylation is 1. The summed E-state index contributed by atoms with van der Waals surface area (Å²) in [7, 11) is 0. The lowest BCUT2D eigenvalue weighted by Gasteiger charge is -2.35. The number of nitrogens with two attached hydrogens (primary N) is 1. The van der Waals surface area contributed by atoms with Crippen LogP contribution < -0.4 is 5.73 Å². The summed E-state index contributed by atoms with van der Waals surface area (Å²) < 4.78 is 0. The van der Waals surface area contributed by atoms with Gasteiger partial charge in [-0.1, -0.05) is 38.5 Å². The van der Waals surface area contributed by atoms with E-state index in [4.69, 9.17) is 5.73 Å². The molecule has 2 rings (SSSR count). The van der Waals surface area contributed by atoms with Gasteiger partial charge in [-0.25, -0.2) is 0 Å². The lowest BCUT2D eigenvalue weighted by molar-refractivity contribution is 0.192. The van der Waals surface area contributed by atoms with Crippen molar-refractivity contribution in [2.24, 2.45) is 23.5 Å². The molecule has 1 aliphatic carbocycles. The summed E-state index contributed by atoms with van der Waals surface area (Å²) in [5.74, 6) is 3.50. The quantitative estimate of drug-likeness (QED) is 0.821. The highest BCUT2D eigenvalue weighted by atomic mass is 32.2. The van der Waals surface area contributed by atoms with Crippen LogP contribution in [0.15, 0.2) is 29.2 Å². The third-order valence-corrected chi connectivity index (χ3v) is 6.09. The molecule has 1 aliphatic rings. The fraction of sp³-hybridized carbons (Fsp3) is 0.647. The van der Waals surface area contributed by atoms with Crippen molar-refractivity contribution >= 4 is 11.8 Å². The van der Waals surface area contributed by atoms with Crippen LogP contribution in [0.5, 0.6) is 0 Å². The monoisotopic (exact) mass is 277 g/mol. The van der Waals surface area contributed by atoms with Crippen molar-refractivity contribution in [1.82, 2.24) is 0 Å². The molecule has 0 amide bonds. The van der Waals surface area contributed by atoms with E-state index in [0.717, 1.165) is 23.5 Å². The minimum Gasteiger partial charge on any atom is -0.327 e. The lowest BCUT2D eigenvalue weighted by atomic mass is 9.74. The zero-order valence-corrected chi connectivity index (χ0v) is 13.2. The molecule has 2 N–H and O–H groups in total. The van der Waals surface area contributed by atoms with Gasteiger partial charge in [0.05, 0.1) is 0 Å². The smallest absolute Gasteiger partial charge is 0.0162 e. The van der Waals surface area contributed by atoms with Crippen molar-refractivity contribution in [1.29, 1.82) is 0 Å². The van der Waals surface area contributed by atoms with Crippen LogP contribution in [0, 0.1) is 24.7 Å². The van der Waals surface area contributed by atoms with Gasteiger partial charge in [0.15, 0.2) is 0 Å². The first-order chi connectivity index (χ1) is 9.08. The van der Waals surface area contributed by atoms with Crippen molar-refractivity contribution < 1.29 is 0 Å². The minimum atomic E-state index is 0.347. The Labute approximate surface area is 122 Å². The van der Waals surface area contributed by atoms with E-state index in [1.54, 1.807) is 0 Å². The number of rotatable bonds is 4. The molecule has 0 bridgehead atoms. The Hall–Kier alpha value is -0.470. The largest absolute Gasteiger partial charge is 0.327 e. The Morgan fingerprint density at radius 3 is 2.63 bits per heavy atom. The highest BCUT2D eigenvalue weighted by molar-refractivity contribution is 7.99. The zero-order chi connectivity index (χ0) is 13.8. The maximum atomic E-state index is 6.43. The molecule has 0 heterocycles. The second kappa shape index (κ2) is 6.81. The Balaban J connectivity index is 1.85. The minimum absolute atomic E-state index is 0.347. The average molecular weight is 277 g/mol. The SMILES string of the molecule is Cc1ccccc1SCC(N)C1CCC(C)C(C)C1. The fourth-order valence-corrected chi connectivity index (χ4v) is 4.13. The zero-order valence-electron chi connectivity index (χ0n) is 12.4. The molecule has 1 nitrogen and oxygen atoms in total. The van der Waals surface area contributed by atoms with Gasteiger partial charge < -0.3 is 5.73 Å². The number of thioether (sulfide) groups is 1. The Morgan fingerprint density at radius 2 is 1.95 bits per heavy atom. The topological polar surface area (TPSA) is 26.0 Å². The number of hydrogen-bond donors (Lipinski definition) is 1. The van der Waals surface area contributed by atoms with Crippen molar-refractivity contribution in [3.8, 4) is 0 Å². The number of hydrogen-bond acceptors (Lipinski definition) is 2. The summed E-state index contributed by atoms with van der Waals surface area (Å²) in [5, 5.41) is 0. The van der Waals surface area contributed by atoms with E-state index in [9.17, 15) is 0 Å². The van der Waals surface area contributed by atoms with Crippen molar-refractivity contribution in [2.75, 3.05) is 5.75 Å². The molecule has 1 saturated carbocycles. The second-order valence-corrected chi connectivity index (χ2v) is 7.33. The first kappa shape index (κ1) is 14.9. The Kier molecular flexibility index (Phi) is 5.35. The van der Waals surface area contributed by atoms with E-state index >= 15 is 0 Å². The van der Waals surface area contributed by atoms with E-state index in [-0.39, 0.29) is 0 Å². The van der Waals surface area contributed by atoms with Crippen LogP contribution in [0.1, 0.15) is 38.7 Å². The molecular formula is C17H27NS. The summed E-state index contributed by atoms with van der Waals surface area (Å²) in [6, 6.07) is 8.95. The van der Waals surface area contributed by atoms with E-state index < -0.39 is 0 Å². The van der Waals surface area contributed by atoms with Gasteiger partial charge in [-0.15, -0.1) is 11.8 Å². The predicted molar refractivity (Wildman–Crippen MR) is 85.5 cm³/mol. The van der Waals surface area contributed by atoms with Crippen LogP contribution in [0.3, 0.4) is 0 Å². The highest BCUT2D eigenvalue weighted by Gasteiger charge is 2.28. The van der Waals surface area contributed by atoms with Crippen LogP contribution in [0.2, 0.25) is 0 Å². The summed E-state index contributed by atoms with van der Waals surface area (Å²) in [4.78, 5) is 1.38. The number of benzene rings is 1. The van der Waals surface area contributed by atoms with Gasteiger partial charge in [-0.2, -0.15) is 0 Å².